The average Bonchev–Trinajstić information content (AvgIpc) is 2.71. The van der Waals surface area contributed by atoms with Crippen molar-refractivity contribution in [3.63, 3.8) is 0 Å². The molecule has 0 saturated heterocycles. The van der Waals surface area contributed by atoms with Crippen LogP contribution in [-0.4, -0.2) is 17.9 Å². The van der Waals surface area contributed by atoms with Gasteiger partial charge >= 0.3 is 0 Å². The second kappa shape index (κ2) is 3.61. The number of hydrogen-bond donors (Lipinski definition) is 1. The third-order valence-corrected chi connectivity index (χ3v) is 2.34. The van der Waals surface area contributed by atoms with Gasteiger partial charge in [-0.1, -0.05) is 12.6 Å². The number of ether oxygens (including phenoxy) is 1. The second-order valence-electron chi connectivity index (χ2n) is 3.15. The number of carbonyl (C=O) groups is 1. The highest BCUT2D eigenvalue weighted by atomic mass is 16.5. The van der Waals surface area contributed by atoms with Gasteiger partial charge in [0.05, 0.1) is 18.1 Å². The fourth-order valence-electron chi connectivity index (χ4n) is 1.63. The first-order chi connectivity index (χ1) is 7.27. The van der Waals surface area contributed by atoms with E-state index in [1.54, 1.807) is 13.3 Å². The van der Waals surface area contributed by atoms with Gasteiger partial charge in [0, 0.05) is 11.7 Å². The van der Waals surface area contributed by atoms with Gasteiger partial charge in [-0.15, -0.1) is 0 Å². The molecular weight excluding hydrogens is 190 g/mol. The number of nitrogens with one attached hydrogen (secondary N) is 1. The standard InChI is InChI=1S/C12H11NO2/c1-3-10(14)8-7-13-9-5-4-6-11(15-2)12(8)9/h3-7,13H,1H2,2H3. The van der Waals surface area contributed by atoms with Crippen molar-refractivity contribution in [1.82, 2.24) is 4.98 Å². The molecule has 2 aromatic rings. The minimum absolute atomic E-state index is 0.106. The van der Waals surface area contributed by atoms with Crippen LogP contribution in [0.15, 0.2) is 37.1 Å². The molecule has 0 aliphatic heterocycles. The van der Waals surface area contributed by atoms with Crippen molar-refractivity contribution in [3.8, 4) is 5.75 Å². The fraction of sp³-hybridized carbons (Fsp3) is 0.0833. The molecule has 0 amide bonds. The SMILES string of the molecule is C=CC(=O)c1c[nH]c2cccc(OC)c12. The van der Waals surface area contributed by atoms with Crippen molar-refractivity contribution in [2.45, 2.75) is 0 Å². The largest absolute Gasteiger partial charge is 0.496 e. The van der Waals surface area contributed by atoms with Gasteiger partial charge in [0.1, 0.15) is 5.75 Å². The summed E-state index contributed by atoms with van der Waals surface area (Å²) in [5, 5.41) is 0.810. The van der Waals surface area contributed by atoms with Crippen molar-refractivity contribution in [2.24, 2.45) is 0 Å². The van der Waals surface area contributed by atoms with Gasteiger partial charge in [-0.25, -0.2) is 0 Å². The van der Waals surface area contributed by atoms with Gasteiger partial charge in [0.15, 0.2) is 5.78 Å². The first kappa shape index (κ1) is 9.52. The van der Waals surface area contributed by atoms with E-state index in [-0.39, 0.29) is 5.78 Å². The average molecular weight is 201 g/mol. The monoisotopic (exact) mass is 201 g/mol. The minimum Gasteiger partial charge on any atom is -0.496 e. The van der Waals surface area contributed by atoms with Crippen molar-refractivity contribution >= 4 is 16.7 Å². The number of methoxy groups -OCH3 is 1. The Balaban J connectivity index is 2.76. The Morgan fingerprint density at radius 3 is 3.00 bits per heavy atom. The highest BCUT2D eigenvalue weighted by Gasteiger charge is 2.12. The topological polar surface area (TPSA) is 42.1 Å². The summed E-state index contributed by atoms with van der Waals surface area (Å²) in [4.78, 5) is 14.6. The van der Waals surface area contributed by atoms with E-state index in [1.165, 1.54) is 6.08 Å². The first-order valence-electron chi connectivity index (χ1n) is 4.58. The summed E-state index contributed by atoms with van der Waals surface area (Å²) in [6.07, 6.45) is 2.98. The molecule has 0 radical (unpaired) electrons. The van der Waals surface area contributed by atoms with Crippen molar-refractivity contribution < 1.29 is 9.53 Å². The summed E-state index contributed by atoms with van der Waals surface area (Å²) >= 11 is 0. The quantitative estimate of drug-likeness (QED) is 0.612. The molecule has 0 atom stereocenters. The zero-order valence-electron chi connectivity index (χ0n) is 8.41. The van der Waals surface area contributed by atoms with Crippen LogP contribution in [0.4, 0.5) is 0 Å². The number of ketones is 1. The third-order valence-electron chi connectivity index (χ3n) is 2.34. The lowest BCUT2D eigenvalue weighted by Gasteiger charge is -2.02. The molecular formula is C12H11NO2. The Morgan fingerprint density at radius 1 is 1.53 bits per heavy atom. The Bertz CT molecular complexity index is 525. The normalized spacial score (nSPS) is 10.2. The summed E-state index contributed by atoms with van der Waals surface area (Å²) in [5.41, 5.74) is 1.48. The summed E-state index contributed by atoms with van der Waals surface area (Å²) in [6.45, 7) is 3.47. The molecule has 1 N–H and O–H groups in total. The predicted octanol–water partition coefficient (Wildman–Crippen LogP) is 2.55. The van der Waals surface area contributed by atoms with Crippen LogP contribution >= 0.6 is 0 Å². The molecule has 0 unspecified atom stereocenters. The first-order valence-corrected chi connectivity index (χ1v) is 4.58. The van der Waals surface area contributed by atoms with E-state index < -0.39 is 0 Å². The van der Waals surface area contributed by atoms with Crippen LogP contribution in [0.3, 0.4) is 0 Å². The fourth-order valence-corrected chi connectivity index (χ4v) is 1.63. The molecule has 2 rings (SSSR count). The van der Waals surface area contributed by atoms with Gasteiger partial charge in [-0.2, -0.15) is 0 Å². The predicted molar refractivity (Wildman–Crippen MR) is 59.4 cm³/mol. The molecule has 1 aromatic carbocycles. The lowest BCUT2D eigenvalue weighted by molar-refractivity contribution is 0.104. The maximum absolute atomic E-state index is 11.6. The summed E-state index contributed by atoms with van der Waals surface area (Å²) < 4.78 is 5.21. The Kier molecular flexibility index (Phi) is 2.29. The highest BCUT2D eigenvalue weighted by molar-refractivity contribution is 6.14. The number of benzene rings is 1. The Labute approximate surface area is 87.4 Å². The third kappa shape index (κ3) is 1.42. The van der Waals surface area contributed by atoms with Gasteiger partial charge in [0.25, 0.3) is 0 Å². The molecule has 0 aliphatic rings. The van der Waals surface area contributed by atoms with E-state index in [0.29, 0.717) is 11.3 Å². The van der Waals surface area contributed by atoms with Crippen molar-refractivity contribution in [1.29, 1.82) is 0 Å². The molecule has 1 heterocycles. The van der Waals surface area contributed by atoms with E-state index >= 15 is 0 Å². The lowest BCUT2D eigenvalue weighted by atomic mass is 10.1. The van der Waals surface area contributed by atoms with Gasteiger partial charge in [-0.05, 0) is 18.2 Å². The van der Waals surface area contributed by atoms with Crippen LogP contribution < -0.4 is 4.74 Å². The van der Waals surface area contributed by atoms with Gasteiger partial charge in [-0.3, -0.25) is 4.79 Å². The summed E-state index contributed by atoms with van der Waals surface area (Å²) in [7, 11) is 1.59. The minimum atomic E-state index is -0.106. The second-order valence-corrected chi connectivity index (χ2v) is 3.15. The molecule has 0 saturated carbocycles. The highest BCUT2D eigenvalue weighted by Crippen LogP contribution is 2.28. The molecule has 0 bridgehead atoms. The Hall–Kier alpha value is -2.03. The van der Waals surface area contributed by atoms with Crippen molar-refractivity contribution in [3.05, 3.63) is 42.6 Å². The van der Waals surface area contributed by atoms with Crippen LogP contribution in [0.5, 0.6) is 5.75 Å². The summed E-state index contributed by atoms with van der Waals surface area (Å²) in [6, 6.07) is 5.60. The number of rotatable bonds is 3. The smallest absolute Gasteiger partial charge is 0.187 e. The van der Waals surface area contributed by atoms with Gasteiger partial charge < -0.3 is 9.72 Å². The van der Waals surface area contributed by atoms with E-state index in [1.807, 2.05) is 18.2 Å². The molecule has 76 valence electrons. The van der Waals surface area contributed by atoms with Gasteiger partial charge in [0.2, 0.25) is 0 Å². The zero-order valence-corrected chi connectivity index (χ0v) is 8.41. The number of allylic oxidation sites excluding steroid dienone is 1. The van der Waals surface area contributed by atoms with E-state index in [4.69, 9.17) is 4.74 Å². The van der Waals surface area contributed by atoms with Crippen LogP contribution in [0.2, 0.25) is 0 Å². The molecule has 0 aliphatic carbocycles. The number of H-pyrrole nitrogens is 1. The number of aromatic amines is 1. The summed E-state index contributed by atoms with van der Waals surface area (Å²) in [5.74, 6) is 0.588. The van der Waals surface area contributed by atoms with Crippen LogP contribution in [-0.2, 0) is 0 Å². The zero-order chi connectivity index (χ0) is 10.8. The van der Waals surface area contributed by atoms with E-state index in [0.717, 1.165) is 10.9 Å². The molecule has 1 aromatic heterocycles. The number of fused-ring (bicyclic) bond motifs is 1. The van der Waals surface area contributed by atoms with Crippen LogP contribution in [0.25, 0.3) is 10.9 Å². The number of hydrogen-bond acceptors (Lipinski definition) is 2. The Morgan fingerprint density at radius 2 is 2.33 bits per heavy atom. The molecule has 15 heavy (non-hydrogen) atoms. The van der Waals surface area contributed by atoms with E-state index in [2.05, 4.69) is 11.6 Å². The number of carbonyl (C=O) groups excluding carboxylic acids is 1. The van der Waals surface area contributed by atoms with Crippen molar-refractivity contribution in [2.75, 3.05) is 7.11 Å². The van der Waals surface area contributed by atoms with Crippen LogP contribution in [0, 0.1) is 0 Å². The maximum Gasteiger partial charge on any atom is 0.187 e. The molecule has 0 spiro atoms. The maximum atomic E-state index is 11.6. The lowest BCUT2D eigenvalue weighted by Crippen LogP contribution is -1.93. The number of aromatic nitrogens is 1. The molecule has 3 nitrogen and oxygen atoms in total. The molecule has 3 heteroatoms. The molecule has 0 fully saturated rings. The van der Waals surface area contributed by atoms with E-state index in [9.17, 15) is 4.79 Å². The van der Waals surface area contributed by atoms with Crippen LogP contribution in [0.1, 0.15) is 10.4 Å².